The molecule has 1 heterocycles. The summed E-state index contributed by atoms with van der Waals surface area (Å²) in [5.41, 5.74) is -0.170. The molecular weight excluding hydrogens is 248 g/mol. The molecule has 1 fully saturated rings. The quantitative estimate of drug-likeness (QED) is 0.776. The third-order valence-electron chi connectivity index (χ3n) is 4.75. The van der Waals surface area contributed by atoms with Crippen LogP contribution in [0.2, 0.25) is 0 Å². The Morgan fingerprint density at radius 3 is 2.15 bits per heavy atom. The lowest BCUT2D eigenvalue weighted by molar-refractivity contribution is -0.0800. The second kappa shape index (κ2) is 6.76. The molecule has 1 aliphatic rings. The van der Waals surface area contributed by atoms with Gasteiger partial charge in [0, 0.05) is 24.5 Å². The normalized spacial score (nSPS) is 28.5. The zero-order valence-corrected chi connectivity index (χ0v) is 14.9. The number of hydrogen-bond acceptors (Lipinski definition) is 3. The van der Waals surface area contributed by atoms with Crippen LogP contribution in [0.15, 0.2) is 0 Å². The van der Waals surface area contributed by atoms with Crippen molar-refractivity contribution in [3.63, 3.8) is 0 Å². The average molecular weight is 284 g/mol. The first-order valence-electron chi connectivity index (χ1n) is 8.33. The molecule has 0 radical (unpaired) electrons. The van der Waals surface area contributed by atoms with Crippen LogP contribution in [0.4, 0.5) is 0 Å². The Bertz CT molecular complexity index is 299. The van der Waals surface area contributed by atoms with Crippen molar-refractivity contribution in [2.24, 2.45) is 5.92 Å². The third-order valence-corrected chi connectivity index (χ3v) is 4.75. The summed E-state index contributed by atoms with van der Waals surface area (Å²) in [6.45, 7) is 21.3. The number of rotatable bonds is 7. The van der Waals surface area contributed by atoms with Crippen molar-refractivity contribution in [1.82, 2.24) is 10.2 Å². The Kier molecular flexibility index (Phi) is 6.06. The van der Waals surface area contributed by atoms with Crippen molar-refractivity contribution in [1.29, 1.82) is 0 Å². The Morgan fingerprint density at radius 1 is 1.10 bits per heavy atom. The van der Waals surface area contributed by atoms with Crippen molar-refractivity contribution in [3.8, 4) is 0 Å². The molecule has 1 rings (SSSR count). The van der Waals surface area contributed by atoms with Crippen LogP contribution in [0.25, 0.3) is 0 Å². The smallest absolute Gasteiger partial charge is 0.0790 e. The van der Waals surface area contributed by atoms with Crippen LogP contribution in [-0.4, -0.2) is 47.8 Å². The van der Waals surface area contributed by atoms with Gasteiger partial charge in [-0.15, -0.1) is 0 Å². The topological polar surface area (TPSA) is 24.5 Å². The highest BCUT2D eigenvalue weighted by atomic mass is 16.5. The Hall–Kier alpha value is -0.120. The van der Waals surface area contributed by atoms with Gasteiger partial charge in [-0.2, -0.15) is 0 Å². The van der Waals surface area contributed by atoms with Crippen LogP contribution in [0.3, 0.4) is 0 Å². The van der Waals surface area contributed by atoms with E-state index >= 15 is 0 Å². The van der Waals surface area contributed by atoms with E-state index in [9.17, 15) is 0 Å². The van der Waals surface area contributed by atoms with E-state index in [0.717, 1.165) is 19.6 Å². The first-order chi connectivity index (χ1) is 9.15. The molecule has 0 spiro atoms. The molecule has 0 amide bonds. The van der Waals surface area contributed by atoms with Crippen LogP contribution in [0.1, 0.15) is 61.8 Å². The summed E-state index contributed by atoms with van der Waals surface area (Å²) in [5, 5.41) is 3.74. The van der Waals surface area contributed by atoms with E-state index in [-0.39, 0.29) is 11.2 Å². The first-order valence-corrected chi connectivity index (χ1v) is 8.33. The number of nitrogens with one attached hydrogen (secondary N) is 1. The second-order valence-corrected chi connectivity index (χ2v) is 7.53. The number of ether oxygens (including phenoxy) is 1. The summed E-state index contributed by atoms with van der Waals surface area (Å²) in [4.78, 5) is 2.55. The van der Waals surface area contributed by atoms with Crippen molar-refractivity contribution >= 4 is 0 Å². The summed E-state index contributed by atoms with van der Waals surface area (Å²) in [6.07, 6.45) is 1.17. The maximum atomic E-state index is 6.39. The molecule has 120 valence electrons. The molecule has 1 N–H and O–H groups in total. The van der Waals surface area contributed by atoms with Gasteiger partial charge in [0.1, 0.15) is 0 Å². The van der Waals surface area contributed by atoms with Gasteiger partial charge in [-0.25, -0.2) is 0 Å². The van der Waals surface area contributed by atoms with Gasteiger partial charge in [-0.1, -0.05) is 13.8 Å². The van der Waals surface area contributed by atoms with E-state index in [2.05, 4.69) is 65.6 Å². The summed E-state index contributed by atoms with van der Waals surface area (Å²) in [5.74, 6) is 0.520. The fraction of sp³-hybridized carbons (Fsp3) is 1.00. The fourth-order valence-corrected chi connectivity index (χ4v) is 3.67. The highest BCUT2D eigenvalue weighted by Gasteiger charge is 2.53. The van der Waals surface area contributed by atoms with Gasteiger partial charge in [-0.05, 0) is 61.1 Å². The van der Waals surface area contributed by atoms with E-state index in [1.54, 1.807) is 0 Å². The molecule has 1 aliphatic heterocycles. The van der Waals surface area contributed by atoms with Gasteiger partial charge >= 0.3 is 0 Å². The lowest BCUT2D eigenvalue weighted by Crippen LogP contribution is -2.52. The molecule has 0 aliphatic carbocycles. The largest absolute Gasteiger partial charge is 0.368 e. The first kappa shape index (κ1) is 17.9. The molecule has 0 bridgehead atoms. The van der Waals surface area contributed by atoms with E-state index in [1.165, 1.54) is 6.42 Å². The summed E-state index contributed by atoms with van der Waals surface area (Å²) in [7, 11) is 0. The summed E-state index contributed by atoms with van der Waals surface area (Å²) >= 11 is 0. The average Bonchev–Trinajstić information content (AvgIpc) is 2.47. The van der Waals surface area contributed by atoms with Gasteiger partial charge < -0.3 is 15.0 Å². The van der Waals surface area contributed by atoms with Crippen LogP contribution in [0.5, 0.6) is 0 Å². The van der Waals surface area contributed by atoms with E-state index in [0.29, 0.717) is 18.0 Å². The van der Waals surface area contributed by atoms with E-state index in [1.807, 2.05) is 0 Å². The van der Waals surface area contributed by atoms with Crippen LogP contribution in [0, 0.1) is 5.92 Å². The van der Waals surface area contributed by atoms with Gasteiger partial charge in [0.15, 0.2) is 0 Å². The standard InChI is InChI=1S/C17H36N2O/c1-9-11-18-15-14(12-19(10-2)13(3)4)16(5,6)20-17(15,7)8/h13-15,18H,9-12H2,1-8H3. The monoisotopic (exact) mass is 284 g/mol. The van der Waals surface area contributed by atoms with Crippen LogP contribution < -0.4 is 5.32 Å². The minimum atomic E-state index is -0.0975. The van der Waals surface area contributed by atoms with E-state index < -0.39 is 0 Å². The van der Waals surface area contributed by atoms with Gasteiger partial charge in [-0.3, -0.25) is 0 Å². The van der Waals surface area contributed by atoms with Gasteiger partial charge in [0.25, 0.3) is 0 Å². The van der Waals surface area contributed by atoms with Gasteiger partial charge in [0.05, 0.1) is 11.2 Å². The lowest BCUT2D eigenvalue weighted by Gasteiger charge is -2.36. The Labute approximate surface area is 126 Å². The molecule has 20 heavy (non-hydrogen) atoms. The number of nitrogens with zero attached hydrogens (tertiary/aromatic N) is 1. The second-order valence-electron chi connectivity index (χ2n) is 7.53. The molecule has 0 aromatic rings. The van der Waals surface area contributed by atoms with Crippen molar-refractivity contribution in [2.75, 3.05) is 19.6 Å². The zero-order valence-electron chi connectivity index (χ0n) is 14.9. The van der Waals surface area contributed by atoms with Crippen LogP contribution >= 0.6 is 0 Å². The molecule has 2 unspecified atom stereocenters. The SMILES string of the molecule is CCCNC1C(CN(CC)C(C)C)C(C)(C)OC1(C)C. The summed E-state index contributed by atoms with van der Waals surface area (Å²) < 4.78 is 6.39. The predicted molar refractivity (Wildman–Crippen MR) is 87.2 cm³/mol. The molecule has 0 aromatic heterocycles. The molecular formula is C17H36N2O. The summed E-state index contributed by atoms with van der Waals surface area (Å²) in [6, 6.07) is 1.01. The highest BCUT2D eigenvalue weighted by Crippen LogP contribution is 2.42. The van der Waals surface area contributed by atoms with Crippen molar-refractivity contribution < 1.29 is 4.74 Å². The fourth-order valence-electron chi connectivity index (χ4n) is 3.67. The molecule has 3 heteroatoms. The Morgan fingerprint density at radius 2 is 1.70 bits per heavy atom. The van der Waals surface area contributed by atoms with E-state index in [4.69, 9.17) is 4.74 Å². The molecule has 2 atom stereocenters. The highest BCUT2D eigenvalue weighted by molar-refractivity contribution is 5.06. The molecule has 0 saturated carbocycles. The van der Waals surface area contributed by atoms with Crippen molar-refractivity contribution in [3.05, 3.63) is 0 Å². The molecule has 1 saturated heterocycles. The zero-order chi connectivity index (χ0) is 15.6. The lowest BCUT2D eigenvalue weighted by atomic mass is 9.81. The minimum absolute atomic E-state index is 0.0722. The molecule has 0 aromatic carbocycles. The van der Waals surface area contributed by atoms with Crippen LogP contribution in [-0.2, 0) is 4.74 Å². The maximum Gasteiger partial charge on any atom is 0.0790 e. The minimum Gasteiger partial charge on any atom is -0.368 e. The van der Waals surface area contributed by atoms with Gasteiger partial charge in [0.2, 0.25) is 0 Å². The third kappa shape index (κ3) is 3.96. The Balaban J connectivity index is 2.91. The number of hydrogen-bond donors (Lipinski definition) is 1. The molecule has 3 nitrogen and oxygen atoms in total. The maximum absolute atomic E-state index is 6.39. The van der Waals surface area contributed by atoms with Crippen molar-refractivity contribution in [2.45, 2.75) is 85.1 Å². The predicted octanol–water partition coefficient (Wildman–Crippen LogP) is 3.29.